The van der Waals surface area contributed by atoms with Gasteiger partial charge in [0.1, 0.15) is 5.82 Å². The zero-order valence-corrected chi connectivity index (χ0v) is 12.4. The predicted octanol–water partition coefficient (Wildman–Crippen LogP) is 3.40. The molecule has 0 aromatic carbocycles. The molecule has 0 radical (unpaired) electrons. The standard InChI is InChI=1S/C12H17F2N5.ClH/c1-8(2)19-7-10(9(3)16-19)6-15-11-4-5-18(17-11)12(13)14;/h4-5,7-8,12H,6H2,1-3H3,(H,15,17);1H. The average molecular weight is 306 g/mol. The minimum Gasteiger partial charge on any atom is -0.364 e. The maximum absolute atomic E-state index is 12.4. The Morgan fingerprint density at radius 1 is 1.25 bits per heavy atom. The highest BCUT2D eigenvalue weighted by atomic mass is 35.5. The highest BCUT2D eigenvalue weighted by molar-refractivity contribution is 5.85. The lowest BCUT2D eigenvalue weighted by atomic mass is 10.2. The van der Waals surface area contributed by atoms with Gasteiger partial charge in [-0.15, -0.1) is 12.4 Å². The molecule has 8 heteroatoms. The summed E-state index contributed by atoms with van der Waals surface area (Å²) in [4.78, 5) is 0. The molecule has 0 atom stereocenters. The Labute approximate surface area is 122 Å². The Morgan fingerprint density at radius 3 is 2.45 bits per heavy atom. The van der Waals surface area contributed by atoms with Crippen LogP contribution >= 0.6 is 12.4 Å². The van der Waals surface area contributed by atoms with Crippen LogP contribution in [0.5, 0.6) is 0 Å². The molecule has 0 spiro atoms. The van der Waals surface area contributed by atoms with Crippen LogP contribution in [0.4, 0.5) is 14.6 Å². The summed E-state index contributed by atoms with van der Waals surface area (Å²) in [5.41, 5.74) is 1.95. The van der Waals surface area contributed by atoms with Gasteiger partial charge in [-0.2, -0.15) is 19.0 Å². The summed E-state index contributed by atoms with van der Waals surface area (Å²) in [6, 6.07) is 1.82. The number of halogens is 3. The first-order valence-electron chi connectivity index (χ1n) is 6.09. The SMILES string of the molecule is Cc1nn(C(C)C)cc1CNc1ccn(C(F)F)n1.Cl. The maximum Gasteiger partial charge on any atom is 0.333 e. The van der Waals surface area contributed by atoms with Crippen LogP contribution in [-0.4, -0.2) is 19.6 Å². The smallest absolute Gasteiger partial charge is 0.333 e. The van der Waals surface area contributed by atoms with Crippen LogP contribution in [0.2, 0.25) is 0 Å². The molecule has 0 unspecified atom stereocenters. The number of anilines is 1. The van der Waals surface area contributed by atoms with E-state index in [9.17, 15) is 8.78 Å². The fourth-order valence-corrected chi connectivity index (χ4v) is 1.68. The molecule has 20 heavy (non-hydrogen) atoms. The highest BCUT2D eigenvalue weighted by Crippen LogP contribution is 2.14. The summed E-state index contributed by atoms with van der Waals surface area (Å²) < 4.78 is 27.2. The van der Waals surface area contributed by atoms with Crippen molar-refractivity contribution in [1.82, 2.24) is 19.6 Å². The largest absolute Gasteiger partial charge is 0.364 e. The topological polar surface area (TPSA) is 47.7 Å². The highest BCUT2D eigenvalue weighted by Gasteiger charge is 2.09. The summed E-state index contributed by atoms with van der Waals surface area (Å²) in [6.45, 7) is 3.93. The molecular formula is C12H18ClF2N5. The second-order valence-corrected chi connectivity index (χ2v) is 4.63. The minimum atomic E-state index is -2.61. The lowest BCUT2D eigenvalue weighted by molar-refractivity contribution is 0.0569. The van der Waals surface area contributed by atoms with E-state index in [1.165, 1.54) is 12.3 Å². The Hall–Kier alpha value is -1.63. The van der Waals surface area contributed by atoms with Gasteiger partial charge >= 0.3 is 6.55 Å². The van der Waals surface area contributed by atoms with Crippen molar-refractivity contribution < 1.29 is 8.78 Å². The molecule has 0 aliphatic rings. The predicted molar refractivity (Wildman–Crippen MR) is 75.4 cm³/mol. The molecule has 0 aliphatic heterocycles. The Morgan fingerprint density at radius 2 is 1.95 bits per heavy atom. The number of alkyl halides is 2. The van der Waals surface area contributed by atoms with Crippen molar-refractivity contribution in [2.75, 3.05) is 5.32 Å². The normalized spacial score (nSPS) is 10.9. The maximum atomic E-state index is 12.4. The van der Waals surface area contributed by atoms with Gasteiger partial charge in [-0.3, -0.25) is 4.68 Å². The zero-order valence-electron chi connectivity index (χ0n) is 11.5. The molecule has 112 valence electrons. The number of aromatic nitrogens is 4. The molecule has 0 fully saturated rings. The third-order valence-electron chi connectivity index (χ3n) is 2.82. The molecule has 5 nitrogen and oxygen atoms in total. The number of nitrogens with one attached hydrogen (secondary N) is 1. The van der Waals surface area contributed by atoms with E-state index < -0.39 is 6.55 Å². The molecular weight excluding hydrogens is 288 g/mol. The molecule has 0 saturated carbocycles. The molecule has 0 aliphatic carbocycles. The number of hydrogen-bond donors (Lipinski definition) is 1. The van der Waals surface area contributed by atoms with Crippen molar-refractivity contribution >= 4 is 18.2 Å². The molecule has 0 saturated heterocycles. The van der Waals surface area contributed by atoms with E-state index in [2.05, 4.69) is 15.5 Å². The monoisotopic (exact) mass is 305 g/mol. The summed E-state index contributed by atoms with van der Waals surface area (Å²) >= 11 is 0. The fraction of sp³-hybridized carbons (Fsp3) is 0.500. The van der Waals surface area contributed by atoms with Crippen LogP contribution in [0, 0.1) is 6.92 Å². The van der Waals surface area contributed by atoms with E-state index in [4.69, 9.17) is 0 Å². The van der Waals surface area contributed by atoms with Crippen molar-refractivity contribution in [2.45, 2.75) is 39.9 Å². The number of hydrogen-bond acceptors (Lipinski definition) is 3. The van der Waals surface area contributed by atoms with Gasteiger partial charge in [-0.25, -0.2) is 4.68 Å². The summed E-state index contributed by atoms with van der Waals surface area (Å²) in [5.74, 6) is 0.428. The van der Waals surface area contributed by atoms with Crippen LogP contribution in [0.1, 0.15) is 37.7 Å². The third-order valence-corrected chi connectivity index (χ3v) is 2.82. The van der Waals surface area contributed by atoms with Crippen molar-refractivity contribution in [1.29, 1.82) is 0 Å². The van der Waals surface area contributed by atoms with Crippen LogP contribution in [-0.2, 0) is 6.54 Å². The Balaban J connectivity index is 0.00000200. The van der Waals surface area contributed by atoms with Crippen molar-refractivity contribution in [3.05, 3.63) is 29.7 Å². The van der Waals surface area contributed by atoms with Gasteiger partial charge in [-0.1, -0.05) is 0 Å². The first-order valence-corrected chi connectivity index (χ1v) is 6.09. The third kappa shape index (κ3) is 3.69. The Kier molecular flexibility index (Phi) is 5.50. The van der Waals surface area contributed by atoms with Gasteiger partial charge in [0.05, 0.1) is 5.69 Å². The lowest BCUT2D eigenvalue weighted by Crippen LogP contribution is -2.03. The number of nitrogens with zero attached hydrogens (tertiary/aromatic N) is 4. The van der Waals surface area contributed by atoms with E-state index in [1.807, 2.05) is 31.6 Å². The van der Waals surface area contributed by atoms with Crippen molar-refractivity contribution in [3.8, 4) is 0 Å². The number of rotatable bonds is 5. The summed E-state index contributed by atoms with van der Waals surface area (Å²) in [5, 5.41) is 11.1. The van der Waals surface area contributed by atoms with Crippen LogP contribution < -0.4 is 5.32 Å². The molecule has 2 rings (SSSR count). The molecule has 2 aromatic rings. The molecule has 2 heterocycles. The van der Waals surface area contributed by atoms with Gasteiger partial charge in [0.15, 0.2) is 0 Å². The van der Waals surface area contributed by atoms with Crippen molar-refractivity contribution in [3.63, 3.8) is 0 Å². The molecule has 1 N–H and O–H groups in total. The first-order chi connectivity index (χ1) is 8.97. The van der Waals surface area contributed by atoms with Crippen LogP contribution in [0.25, 0.3) is 0 Å². The van der Waals surface area contributed by atoms with Crippen LogP contribution in [0.15, 0.2) is 18.5 Å². The van der Waals surface area contributed by atoms with E-state index in [-0.39, 0.29) is 12.4 Å². The molecule has 0 amide bonds. The van der Waals surface area contributed by atoms with E-state index in [0.717, 1.165) is 11.3 Å². The van der Waals surface area contributed by atoms with E-state index >= 15 is 0 Å². The van der Waals surface area contributed by atoms with Gasteiger partial charge < -0.3 is 5.32 Å². The average Bonchev–Trinajstić information content (AvgIpc) is 2.93. The van der Waals surface area contributed by atoms with Gasteiger partial charge in [0.25, 0.3) is 0 Å². The molecule has 2 aromatic heterocycles. The zero-order chi connectivity index (χ0) is 14.0. The quantitative estimate of drug-likeness (QED) is 0.921. The van der Waals surface area contributed by atoms with Crippen LogP contribution in [0.3, 0.4) is 0 Å². The Bertz CT molecular complexity index is 550. The molecule has 0 bridgehead atoms. The lowest BCUT2D eigenvalue weighted by Gasteiger charge is -2.03. The minimum absolute atomic E-state index is 0. The summed E-state index contributed by atoms with van der Waals surface area (Å²) in [6.07, 6.45) is 3.20. The van der Waals surface area contributed by atoms with Crippen molar-refractivity contribution in [2.24, 2.45) is 0 Å². The van der Waals surface area contributed by atoms with E-state index in [1.54, 1.807) is 0 Å². The summed E-state index contributed by atoms with van der Waals surface area (Å²) in [7, 11) is 0. The second kappa shape index (κ2) is 6.69. The van der Waals surface area contributed by atoms with Gasteiger partial charge in [0, 0.05) is 36.6 Å². The van der Waals surface area contributed by atoms with Gasteiger partial charge in [-0.05, 0) is 20.8 Å². The fourth-order valence-electron chi connectivity index (χ4n) is 1.68. The first kappa shape index (κ1) is 16.4. The second-order valence-electron chi connectivity index (χ2n) is 4.63. The number of aryl methyl sites for hydroxylation is 1. The van der Waals surface area contributed by atoms with E-state index in [0.29, 0.717) is 23.1 Å². The van der Waals surface area contributed by atoms with Gasteiger partial charge in [0.2, 0.25) is 0 Å².